The zero-order valence-corrected chi connectivity index (χ0v) is 20.5. The van der Waals surface area contributed by atoms with E-state index in [4.69, 9.17) is 9.84 Å². The Hall–Kier alpha value is -3.87. The maximum atomic E-state index is 12.9. The van der Waals surface area contributed by atoms with E-state index in [9.17, 15) is 19.6 Å². The predicted octanol–water partition coefficient (Wildman–Crippen LogP) is 5.83. The van der Waals surface area contributed by atoms with Gasteiger partial charge >= 0.3 is 5.97 Å². The Morgan fingerprint density at radius 1 is 1.11 bits per heavy atom. The van der Waals surface area contributed by atoms with Gasteiger partial charge in [0.25, 0.3) is 11.1 Å². The topological polar surface area (TPSA) is 108 Å². The maximum Gasteiger partial charge on any atom is 0.335 e. The number of carbonyl (C=O) groups excluding carboxylic acids is 2. The summed E-state index contributed by atoms with van der Waals surface area (Å²) in [6, 6.07) is 20.7. The van der Waals surface area contributed by atoms with E-state index in [-0.39, 0.29) is 24.0 Å². The second kappa shape index (κ2) is 10.6. The van der Waals surface area contributed by atoms with Crippen LogP contribution in [0.25, 0.3) is 6.08 Å². The van der Waals surface area contributed by atoms with Gasteiger partial charge < -0.3 is 9.84 Å². The monoisotopic (exact) mass is 548 g/mol. The Kier molecular flexibility index (Phi) is 7.34. The van der Waals surface area contributed by atoms with Crippen molar-refractivity contribution in [1.82, 2.24) is 4.90 Å². The Morgan fingerprint density at radius 3 is 2.54 bits per heavy atom. The third-order valence-corrected chi connectivity index (χ3v) is 6.72. The molecule has 0 spiro atoms. The Morgan fingerprint density at radius 2 is 1.86 bits per heavy atom. The molecule has 7 nitrogen and oxygen atoms in total. The minimum absolute atomic E-state index is 0.0374. The van der Waals surface area contributed by atoms with Crippen LogP contribution in [0.1, 0.15) is 32.6 Å². The van der Waals surface area contributed by atoms with Gasteiger partial charge in [-0.25, -0.2) is 4.79 Å². The number of halogens is 1. The fraction of sp³-hybridized carbons (Fsp3) is 0.0769. The summed E-state index contributed by atoms with van der Waals surface area (Å²) >= 11 is 4.33. The lowest BCUT2D eigenvalue weighted by atomic mass is 10.1. The highest BCUT2D eigenvalue weighted by atomic mass is 79.9. The van der Waals surface area contributed by atoms with Gasteiger partial charge in [-0.3, -0.25) is 14.5 Å². The van der Waals surface area contributed by atoms with Crippen LogP contribution in [0.2, 0.25) is 0 Å². The van der Waals surface area contributed by atoms with Crippen LogP contribution in [-0.4, -0.2) is 27.1 Å². The Bertz CT molecular complexity index is 1400. The molecule has 1 aliphatic rings. The number of hydrogen-bond donors (Lipinski definition) is 1. The van der Waals surface area contributed by atoms with Crippen molar-refractivity contribution in [2.24, 2.45) is 0 Å². The second-order valence-electron chi connectivity index (χ2n) is 7.52. The van der Waals surface area contributed by atoms with Gasteiger partial charge in [-0.15, -0.1) is 0 Å². The number of benzene rings is 3. The molecule has 4 rings (SSSR count). The first-order chi connectivity index (χ1) is 16.9. The third kappa shape index (κ3) is 5.62. The van der Waals surface area contributed by atoms with Crippen molar-refractivity contribution in [3.63, 3.8) is 0 Å². The first kappa shape index (κ1) is 24.3. The molecule has 0 unspecified atom stereocenters. The van der Waals surface area contributed by atoms with Gasteiger partial charge in [0.05, 0.1) is 33.1 Å². The molecule has 1 aliphatic heterocycles. The average Bonchev–Trinajstić information content (AvgIpc) is 3.11. The van der Waals surface area contributed by atoms with Crippen molar-refractivity contribution in [2.75, 3.05) is 0 Å². The van der Waals surface area contributed by atoms with Gasteiger partial charge in [-0.05, 0) is 80.8 Å². The first-order valence-electron chi connectivity index (χ1n) is 10.3. The van der Waals surface area contributed by atoms with Crippen molar-refractivity contribution in [3.8, 4) is 11.8 Å². The van der Waals surface area contributed by atoms with Crippen LogP contribution in [0.3, 0.4) is 0 Å². The highest BCUT2D eigenvalue weighted by Crippen LogP contribution is 2.35. The van der Waals surface area contributed by atoms with Crippen LogP contribution in [0, 0.1) is 11.3 Å². The largest absolute Gasteiger partial charge is 0.488 e. The molecule has 174 valence electrons. The maximum absolute atomic E-state index is 12.9. The van der Waals surface area contributed by atoms with E-state index in [0.717, 1.165) is 22.2 Å². The van der Waals surface area contributed by atoms with Crippen LogP contribution in [0.4, 0.5) is 4.79 Å². The number of carboxylic acids is 1. The summed E-state index contributed by atoms with van der Waals surface area (Å²) in [5.41, 5.74) is 2.77. The van der Waals surface area contributed by atoms with Crippen molar-refractivity contribution < 1.29 is 24.2 Å². The fourth-order valence-electron chi connectivity index (χ4n) is 3.35. The second-order valence-corrected chi connectivity index (χ2v) is 9.36. The number of amides is 2. The number of rotatable bonds is 7. The number of imide groups is 1. The molecule has 1 heterocycles. The number of thioether (sulfide) groups is 1. The molecule has 0 radical (unpaired) electrons. The van der Waals surface area contributed by atoms with E-state index < -0.39 is 11.9 Å². The van der Waals surface area contributed by atoms with Gasteiger partial charge in [0.2, 0.25) is 0 Å². The molecule has 3 aromatic carbocycles. The van der Waals surface area contributed by atoms with Crippen LogP contribution >= 0.6 is 27.7 Å². The molecule has 0 saturated carbocycles. The quantitative estimate of drug-likeness (QED) is 0.369. The highest BCUT2D eigenvalue weighted by Gasteiger charge is 2.35. The summed E-state index contributed by atoms with van der Waals surface area (Å²) in [6.45, 7) is 0.288. The normalized spacial score (nSPS) is 14.3. The first-order valence-corrected chi connectivity index (χ1v) is 11.9. The summed E-state index contributed by atoms with van der Waals surface area (Å²) < 4.78 is 6.48. The van der Waals surface area contributed by atoms with Gasteiger partial charge in [0.15, 0.2) is 0 Å². The lowest BCUT2D eigenvalue weighted by Crippen LogP contribution is -2.27. The van der Waals surface area contributed by atoms with Gasteiger partial charge in [0, 0.05) is 0 Å². The fourth-order valence-corrected chi connectivity index (χ4v) is 4.70. The van der Waals surface area contributed by atoms with Gasteiger partial charge in [0.1, 0.15) is 12.4 Å². The van der Waals surface area contributed by atoms with Crippen LogP contribution in [-0.2, 0) is 17.9 Å². The number of ether oxygens (including phenoxy) is 1. The van der Waals surface area contributed by atoms with E-state index in [1.54, 1.807) is 60.7 Å². The lowest BCUT2D eigenvalue weighted by Gasteiger charge is -2.13. The predicted molar refractivity (Wildman–Crippen MR) is 135 cm³/mol. The molecule has 35 heavy (non-hydrogen) atoms. The minimum Gasteiger partial charge on any atom is -0.488 e. The van der Waals surface area contributed by atoms with E-state index in [2.05, 4.69) is 22.0 Å². The average molecular weight is 549 g/mol. The molecule has 0 aliphatic carbocycles. The molecule has 1 fully saturated rings. The Balaban J connectivity index is 1.44. The van der Waals surface area contributed by atoms with Crippen LogP contribution in [0.5, 0.6) is 5.75 Å². The summed E-state index contributed by atoms with van der Waals surface area (Å²) in [5, 5.41) is 17.9. The number of nitriles is 1. The van der Waals surface area contributed by atoms with E-state index >= 15 is 0 Å². The molecule has 1 N–H and O–H groups in total. The number of hydrogen-bond acceptors (Lipinski definition) is 6. The van der Waals surface area contributed by atoms with E-state index in [1.165, 1.54) is 12.1 Å². The van der Waals surface area contributed by atoms with Crippen LogP contribution in [0.15, 0.2) is 76.1 Å². The zero-order valence-electron chi connectivity index (χ0n) is 18.1. The van der Waals surface area contributed by atoms with Crippen LogP contribution < -0.4 is 4.74 Å². The zero-order chi connectivity index (χ0) is 24.9. The highest BCUT2D eigenvalue weighted by molar-refractivity contribution is 9.10. The molecule has 0 atom stereocenters. The number of aromatic carboxylic acids is 1. The summed E-state index contributed by atoms with van der Waals surface area (Å²) in [6.07, 6.45) is 1.64. The summed E-state index contributed by atoms with van der Waals surface area (Å²) in [7, 11) is 0. The third-order valence-electron chi connectivity index (χ3n) is 5.19. The molecular formula is C26H17BrN2O5S. The molecule has 2 amide bonds. The smallest absolute Gasteiger partial charge is 0.335 e. The number of carbonyl (C=O) groups is 3. The number of nitrogens with zero attached hydrogens (tertiary/aromatic N) is 2. The molecule has 0 bridgehead atoms. The van der Waals surface area contributed by atoms with E-state index in [1.807, 2.05) is 0 Å². The van der Waals surface area contributed by atoms with Crippen molar-refractivity contribution in [3.05, 3.63) is 104 Å². The molecular weight excluding hydrogens is 532 g/mol. The summed E-state index contributed by atoms with van der Waals surface area (Å²) in [5.74, 6) is -0.819. The SMILES string of the molecule is N#Cc1ccccc1CN1C(=O)S/C(=C/c2ccc(OCc3ccc(C(=O)O)cc3)c(Br)c2)C1=O. The lowest BCUT2D eigenvalue weighted by molar-refractivity contribution is -0.123. The number of carboxylic acid groups (broad SMARTS) is 1. The van der Waals surface area contributed by atoms with Crippen molar-refractivity contribution >= 4 is 50.9 Å². The molecule has 3 aromatic rings. The Labute approximate surface area is 213 Å². The standard InChI is InChI=1S/C26H17BrN2O5S/c27-21-11-17(7-10-22(21)34-15-16-5-8-18(9-6-16)25(31)32)12-23-24(30)29(26(33)35-23)14-20-4-2-1-3-19(20)13-28/h1-12H,14-15H2,(H,31,32)/b23-12+. The minimum atomic E-state index is -0.986. The molecule has 0 aromatic heterocycles. The van der Waals surface area contributed by atoms with Gasteiger partial charge in [-0.2, -0.15) is 5.26 Å². The molecule has 1 saturated heterocycles. The van der Waals surface area contributed by atoms with Crippen molar-refractivity contribution in [2.45, 2.75) is 13.2 Å². The van der Waals surface area contributed by atoms with Crippen molar-refractivity contribution in [1.29, 1.82) is 5.26 Å². The van der Waals surface area contributed by atoms with Gasteiger partial charge in [-0.1, -0.05) is 36.4 Å². The molecule has 9 heteroatoms. The summed E-state index contributed by atoms with van der Waals surface area (Å²) in [4.78, 5) is 37.7. The van der Waals surface area contributed by atoms with E-state index in [0.29, 0.717) is 31.8 Å².